The summed E-state index contributed by atoms with van der Waals surface area (Å²) in [5.41, 5.74) is 5.91. The summed E-state index contributed by atoms with van der Waals surface area (Å²) in [5.74, 6) is -0.472. The maximum atomic E-state index is 12.9. The second-order valence-corrected chi connectivity index (χ2v) is 5.41. The van der Waals surface area contributed by atoms with Gasteiger partial charge in [0.25, 0.3) is 11.8 Å². The summed E-state index contributed by atoms with van der Waals surface area (Å²) in [6, 6.07) is 15.5. The fraction of sp³-hybridized carbons (Fsp3) is 0.0526. The van der Waals surface area contributed by atoms with E-state index in [-0.39, 0.29) is 23.9 Å². The van der Waals surface area contributed by atoms with Crippen molar-refractivity contribution >= 4 is 11.8 Å². The Kier molecular flexibility index (Phi) is 4.98. The fourth-order valence-electron chi connectivity index (χ4n) is 2.18. The third-order valence-electron chi connectivity index (χ3n) is 3.50. The summed E-state index contributed by atoms with van der Waals surface area (Å²) >= 11 is 0. The van der Waals surface area contributed by atoms with Crippen LogP contribution in [-0.2, 0) is 6.54 Å². The zero-order valence-electron chi connectivity index (χ0n) is 13.6. The summed E-state index contributed by atoms with van der Waals surface area (Å²) in [6.45, 7) is 0.266. The highest BCUT2D eigenvalue weighted by Gasteiger charge is 2.13. The summed E-state index contributed by atoms with van der Waals surface area (Å²) in [7, 11) is 0. The molecule has 1 heterocycles. The van der Waals surface area contributed by atoms with E-state index in [4.69, 9.17) is 14.9 Å². The summed E-state index contributed by atoms with van der Waals surface area (Å²) in [4.78, 5) is 22.9. The molecule has 26 heavy (non-hydrogen) atoms. The standard InChI is InChI=1S/C19H15FN2O4/c20-13-3-7-15(8-4-13)25-14-5-1-12(2-6-14)11-22-19(24)17-10-9-16(26-17)18(21)23/h1-10H,11H2,(H2,21,23)(H,22,24). The topological polar surface area (TPSA) is 94.6 Å². The second-order valence-electron chi connectivity index (χ2n) is 5.41. The van der Waals surface area contributed by atoms with Crippen LogP contribution in [0.3, 0.4) is 0 Å². The van der Waals surface area contributed by atoms with Gasteiger partial charge in [-0.3, -0.25) is 9.59 Å². The van der Waals surface area contributed by atoms with Crippen molar-refractivity contribution in [2.75, 3.05) is 0 Å². The number of amides is 2. The Balaban J connectivity index is 1.56. The predicted molar refractivity (Wildman–Crippen MR) is 91.3 cm³/mol. The maximum Gasteiger partial charge on any atom is 0.287 e. The Morgan fingerprint density at radius 1 is 0.923 bits per heavy atom. The minimum Gasteiger partial charge on any atom is -0.457 e. The van der Waals surface area contributed by atoms with Crippen LogP contribution in [0.1, 0.15) is 26.7 Å². The van der Waals surface area contributed by atoms with Crippen LogP contribution in [0.25, 0.3) is 0 Å². The van der Waals surface area contributed by atoms with Crippen molar-refractivity contribution in [3.8, 4) is 11.5 Å². The first kappa shape index (κ1) is 17.2. The molecule has 2 aromatic carbocycles. The molecule has 0 atom stereocenters. The summed E-state index contributed by atoms with van der Waals surface area (Å²) in [6.07, 6.45) is 0. The first-order valence-corrected chi connectivity index (χ1v) is 7.71. The van der Waals surface area contributed by atoms with E-state index in [1.54, 1.807) is 24.3 Å². The third kappa shape index (κ3) is 4.27. The van der Waals surface area contributed by atoms with Crippen molar-refractivity contribution in [3.63, 3.8) is 0 Å². The molecule has 0 radical (unpaired) electrons. The number of hydrogen-bond acceptors (Lipinski definition) is 4. The number of hydrogen-bond donors (Lipinski definition) is 2. The molecule has 0 fully saturated rings. The van der Waals surface area contributed by atoms with E-state index in [1.165, 1.54) is 36.4 Å². The molecule has 7 heteroatoms. The number of nitrogens with one attached hydrogen (secondary N) is 1. The number of carbonyl (C=O) groups is 2. The van der Waals surface area contributed by atoms with Crippen molar-refractivity contribution in [1.29, 1.82) is 0 Å². The Labute approximate surface area is 148 Å². The lowest BCUT2D eigenvalue weighted by molar-refractivity contribution is 0.0913. The third-order valence-corrected chi connectivity index (χ3v) is 3.50. The molecule has 0 aliphatic heterocycles. The van der Waals surface area contributed by atoms with Gasteiger partial charge in [-0.1, -0.05) is 12.1 Å². The predicted octanol–water partition coefficient (Wildman–Crippen LogP) is 3.24. The highest BCUT2D eigenvalue weighted by atomic mass is 19.1. The molecule has 0 aliphatic rings. The zero-order valence-corrected chi connectivity index (χ0v) is 13.6. The van der Waals surface area contributed by atoms with Crippen molar-refractivity contribution in [2.45, 2.75) is 6.54 Å². The molecule has 0 unspecified atom stereocenters. The van der Waals surface area contributed by atoms with Crippen molar-refractivity contribution < 1.29 is 23.1 Å². The molecule has 1 aromatic heterocycles. The number of rotatable bonds is 6. The normalized spacial score (nSPS) is 10.3. The van der Waals surface area contributed by atoms with Crippen molar-refractivity contribution in [3.05, 3.63) is 83.6 Å². The molecule has 0 saturated carbocycles. The van der Waals surface area contributed by atoms with E-state index < -0.39 is 11.8 Å². The van der Waals surface area contributed by atoms with Gasteiger partial charge in [0.2, 0.25) is 0 Å². The van der Waals surface area contributed by atoms with Gasteiger partial charge in [0.05, 0.1) is 0 Å². The maximum absolute atomic E-state index is 12.9. The largest absolute Gasteiger partial charge is 0.457 e. The van der Waals surface area contributed by atoms with E-state index in [9.17, 15) is 14.0 Å². The molecule has 0 spiro atoms. The molecule has 0 saturated heterocycles. The molecule has 6 nitrogen and oxygen atoms in total. The van der Waals surface area contributed by atoms with Gasteiger partial charge >= 0.3 is 0 Å². The van der Waals surface area contributed by atoms with Crippen LogP contribution in [0.5, 0.6) is 11.5 Å². The van der Waals surface area contributed by atoms with E-state index >= 15 is 0 Å². The van der Waals surface area contributed by atoms with E-state index in [2.05, 4.69) is 5.32 Å². The van der Waals surface area contributed by atoms with E-state index in [1.807, 2.05) is 0 Å². The van der Waals surface area contributed by atoms with Gasteiger partial charge in [0.1, 0.15) is 17.3 Å². The van der Waals surface area contributed by atoms with Crippen LogP contribution < -0.4 is 15.8 Å². The monoisotopic (exact) mass is 354 g/mol. The minimum absolute atomic E-state index is 0.00932. The number of nitrogens with two attached hydrogens (primary N) is 1. The molecular weight excluding hydrogens is 339 g/mol. The van der Waals surface area contributed by atoms with Crippen LogP contribution in [0.4, 0.5) is 4.39 Å². The lowest BCUT2D eigenvalue weighted by Gasteiger charge is -2.07. The molecule has 3 N–H and O–H groups in total. The Morgan fingerprint density at radius 3 is 2.08 bits per heavy atom. The van der Waals surface area contributed by atoms with Gasteiger partial charge in [0.15, 0.2) is 11.5 Å². The Hall–Kier alpha value is -3.61. The SMILES string of the molecule is NC(=O)c1ccc(C(=O)NCc2ccc(Oc3ccc(F)cc3)cc2)o1. The first-order valence-electron chi connectivity index (χ1n) is 7.71. The number of ether oxygens (including phenoxy) is 1. The van der Waals surface area contributed by atoms with Crippen molar-refractivity contribution in [2.24, 2.45) is 5.73 Å². The highest BCUT2D eigenvalue weighted by Crippen LogP contribution is 2.21. The lowest BCUT2D eigenvalue weighted by atomic mass is 10.2. The number of primary amides is 1. The molecule has 0 bridgehead atoms. The van der Waals surface area contributed by atoms with Crippen LogP contribution in [0.15, 0.2) is 65.1 Å². The molecule has 132 valence electrons. The van der Waals surface area contributed by atoms with Crippen molar-refractivity contribution in [1.82, 2.24) is 5.32 Å². The quantitative estimate of drug-likeness (QED) is 0.710. The van der Waals surface area contributed by atoms with Gasteiger partial charge in [-0.15, -0.1) is 0 Å². The molecule has 3 rings (SSSR count). The summed E-state index contributed by atoms with van der Waals surface area (Å²) in [5, 5.41) is 2.68. The lowest BCUT2D eigenvalue weighted by Crippen LogP contribution is -2.22. The van der Waals surface area contributed by atoms with Crippen LogP contribution in [-0.4, -0.2) is 11.8 Å². The Bertz CT molecular complexity index is 917. The first-order chi connectivity index (χ1) is 12.5. The highest BCUT2D eigenvalue weighted by molar-refractivity contribution is 5.94. The molecule has 2 amide bonds. The van der Waals surface area contributed by atoms with Gasteiger partial charge < -0.3 is 20.2 Å². The second kappa shape index (κ2) is 7.52. The smallest absolute Gasteiger partial charge is 0.287 e. The number of benzene rings is 2. The fourth-order valence-corrected chi connectivity index (χ4v) is 2.18. The number of furan rings is 1. The van der Waals surface area contributed by atoms with Gasteiger partial charge in [-0.25, -0.2) is 4.39 Å². The van der Waals surface area contributed by atoms with Gasteiger partial charge in [-0.05, 0) is 54.1 Å². The Morgan fingerprint density at radius 2 is 1.50 bits per heavy atom. The number of halogens is 1. The molecule has 3 aromatic rings. The van der Waals surface area contributed by atoms with Gasteiger partial charge in [-0.2, -0.15) is 0 Å². The average molecular weight is 354 g/mol. The van der Waals surface area contributed by atoms with E-state index in [0.29, 0.717) is 11.5 Å². The van der Waals surface area contributed by atoms with Crippen LogP contribution in [0.2, 0.25) is 0 Å². The average Bonchev–Trinajstić information content (AvgIpc) is 3.13. The van der Waals surface area contributed by atoms with E-state index in [0.717, 1.165) is 5.56 Å². The number of carbonyl (C=O) groups excluding carboxylic acids is 2. The molecule has 0 aliphatic carbocycles. The van der Waals surface area contributed by atoms with Crippen LogP contribution >= 0.6 is 0 Å². The zero-order chi connectivity index (χ0) is 18.5. The summed E-state index contributed by atoms with van der Waals surface area (Å²) < 4.78 is 23.5. The minimum atomic E-state index is -0.735. The molecular formula is C19H15FN2O4. The van der Waals surface area contributed by atoms with Gasteiger partial charge in [0, 0.05) is 6.54 Å². The van der Waals surface area contributed by atoms with Crippen LogP contribution in [0, 0.1) is 5.82 Å².